The average Bonchev–Trinajstić information content (AvgIpc) is 3.41. The number of hydrogen-bond donors (Lipinski definition) is 7. The highest BCUT2D eigenvalue weighted by Crippen LogP contribution is 2.33. The van der Waals surface area contributed by atoms with E-state index in [0.717, 1.165) is 37.3 Å². The molecule has 2 aromatic rings. The topological polar surface area (TPSA) is 268 Å². The number of amides is 2. The van der Waals surface area contributed by atoms with Gasteiger partial charge in [0, 0.05) is 17.0 Å². The van der Waals surface area contributed by atoms with E-state index in [9.17, 15) is 27.9 Å². The molecule has 2 fully saturated rings. The number of thiazole rings is 1. The molecule has 2 aliphatic rings. The summed E-state index contributed by atoms with van der Waals surface area (Å²) in [6.45, 7) is 3.95. The number of carboxylic acids is 1. The van der Waals surface area contributed by atoms with Crippen molar-refractivity contribution in [1.82, 2.24) is 26.0 Å². The molecule has 18 nitrogen and oxygen atoms in total. The van der Waals surface area contributed by atoms with E-state index in [0.29, 0.717) is 16.4 Å². The van der Waals surface area contributed by atoms with Crippen LogP contribution in [0.1, 0.15) is 37.9 Å². The van der Waals surface area contributed by atoms with E-state index in [2.05, 4.69) is 30.4 Å². The van der Waals surface area contributed by atoms with E-state index in [1.165, 1.54) is 19.2 Å². The van der Waals surface area contributed by atoms with Crippen molar-refractivity contribution >= 4 is 56.2 Å². The molecule has 0 unspecified atom stereocenters. The minimum absolute atomic E-state index is 0.0545. The number of carbonyl (C=O) groups excluding carboxylic acids is 2. The number of benzene rings is 1. The van der Waals surface area contributed by atoms with Crippen molar-refractivity contribution in [3.05, 3.63) is 40.9 Å². The first-order valence-electron chi connectivity index (χ1n) is 13.4. The maximum Gasteiger partial charge on any atom is 0.418 e. The van der Waals surface area contributed by atoms with Gasteiger partial charge in [-0.2, -0.15) is 13.5 Å². The number of hydrogen-bond acceptors (Lipinski definition) is 14. The lowest BCUT2D eigenvalue weighted by Crippen LogP contribution is -2.76. The maximum atomic E-state index is 13.2. The number of oxime groups is 1. The van der Waals surface area contributed by atoms with Crippen LogP contribution in [0, 0.1) is 5.41 Å². The fourth-order valence-corrected chi connectivity index (χ4v) is 5.43. The van der Waals surface area contributed by atoms with Gasteiger partial charge in [0.1, 0.15) is 29.9 Å². The SMILES string of the molecule is CC1(C)[C@H](NC(=O)C(=NO[C@@H](COc2ccc(C(=N)NC3CCNCC3)cc2)C(=O)O)c2csc(N)n2)C(=O)N1OS(=O)(=O)O. The second-order valence-electron chi connectivity index (χ2n) is 10.5. The van der Waals surface area contributed by atoms with Crippen molar-refractivity contribution in [1.29, 1.82) is 5.41 Å². The predicted molar refractivity (Wildman–Crippen MR) is 159 cm³/mol. The third kappa shape index (κ3) is 8.42. The lowest BCUT2D eigenvalue weighted by atomic mass is 9.84. The number of nitrogen functional groups attached to an aromatic ring is 1. The zero-order valence-corrected chi connectivity index (χ0v) is 25.7. The Labute approximate surface area is 261 Å². The normalized spacial score (nSPS) is 19.3. The second kappa shape index (κ2) is 13.7. The van der Waals surface area contributed by atoms with Crippen LogP contribution in [0.5, 0.6) is 5.75 Å². The lowest BCUT2D eigenvalue weighted by molar-refractivity contribution is -0.218. The van der Waals surface area contributed by atoms with Gasteiger partial charge in [0.2, 0.25) is 0 Å². The van der Waals surface area contributed by atoms with E-state index in [-0.39, 0.29) is 22.7 Å². The van der Waals surface area contributed by atoms with E-state index in [4.69, 9.17) is 25.3 Å². The first-order valence-corrected chi connectivity index (χ1v) is 15.7. The monoisotopic (exact) mass is 668 g/mol. The zero-order chi connectivity index (χ0) is 32.9. The summed E-state index contributed by atoms with van der Waals surface area (Å²) in [5.41, 5.74) is 4.25. The quantitative estimate of drug-likeness (QED) is 0.0466. The molecule has 0 saturated carbocycles. The molecule has 244 valence electrons. The Balaban J connectivity index is 1.41. The number of aliphatic carboxylic acids is 1. The van der Waals surface area contributed by atoms with Crippen LogP contribution in [0.25, 0.3) is 0 Å². The van der Waals surface area contributed by atoms with Gasteiger partial charge in [-0.1, -0.05) is 5.16 Å². The summed E-state index contributed by atoms with van der Waals surface area (Å²) in [7, 11) is -5.02. The van der Waals surface area contributed by atoms with Crippen molar-refractivity contribution in [2.45, 2.75) is 50.4 Å². The van der Waals surface area contributed by atoms with Crippen LogP contribution < -0.4 is 26.4 Å². The third-order valence-corrected chi connectivity index (χ3v) is 7.89. The number of carbonyl (C=O) groups is 3. The number of rotatable bonds is 13. The van der Waals surface area contributed by atoms with E-state index >= 15 is 0 Å². The van der Waals surface area contributed by atoms with Crippen LogP contribution in [0.2, 0.25) is 0 Å². The molecule has 0 spiro atoms. The predicted octanol–water partition coefficient (Wildman–Crippen LogP) is -0.515. The molecule has 2 atom stereocenters. The number of nitrogens with one attached hydrogen (secondary N) is 4. The summed E-state index contributed by atoms with van der Waals surface area (Å²) in [4.78, 5) is 46.7. The number of carboxylic acid groups (broad SMARTS) is 1. The molecule has 2 amide bonds. The Kier molecular flexibility index (Phi) is 10.2. The van der Waals surface area contributed by atoms with Gasteiger partial charge in [0.05, 0.1) is 5.54 Å². The fraction of sp³-hybridized carbons (Fsp3) is 0.440. The number of ether oxygens (including phenoxy) is 1. The molecule has 3 heterocycles. The average molecular weight is 669 g/mol. The molecule has 1 aromatic heterocycles. The third-order valence-electron chi connectivity index (χ3n) is 6.88. The summed E-state index contributed by atoms with van der Waals surface area (Å²) in [6.07, 6.45) is 0.121. The van der Waals surface area contributed by atoms with E-state index < -0.39 is 58.2 Å². The van der Waals surface area contributed by atoms with Crippen molar-refractivity contribution in [2.24, 2.45) is 5.16 Å². The minimum atomic E-state index is -5.02. The van der Waals surface area contributed by atoms with Gasteiger partial charge in [-0.25, -0.2) is 9.78 Å². The highest BCUT2D eigenvalue weighted by Gasteiger charge is 2.58. The number of aromatic nitrogens is 1. The Hall–Kier alpha value is -4.37. The van der Waals surface area contributed by atoms with Crippen LogP contribution in [0.3, 0.4) is 0 Å². The molecule has 8 N–H and O–H groups in total. The van der Waals surface area contributed by atoms with Gasteiger partial charge in [0.25, 0.3) is 17.9 Å². The van der Waals surface area contributed by atoms with Crippen molar-refractivity contribution < 1.29 is 46.3 Å². The van der Waals surface area contributed by atoms with Crippen LogP contribution in [-0.2, 0) is 33.9 Å². The number of amidine groups is 1. The Morgan fingerprint density at radius 2 is 1.93 bits per heavy atom. The van der Waals surface area contributed by atoms with Crippen LogP contribution in [0.4, 0.5) is 5.13 Å². The van der Waals surface area contributed by atoms with Crippen LogP contribution in [0.15, 0.2) is 34.8 Å². The number of anilines is 1. The number of nitrogens with zero attached hydrogens (tertiary/aromatic N) is 3. The Morgan fingerprint density at radius 1 is 1.27 bits per heavy atom. The standard InChI is InChI=1S/C25H32N8O10S2/c1-25(2)19(22(35)33(25)43-45(38,39)40)31-21(34)18(16-12-44-24(27)30-16)32-42-17(23(36)37)11-41-15-5-3-13(4-6-15)20(26)29-14-7-9-28-10-8-14/h3-6,12,14,17,19,28H,7-11H2,1-2H3,(H2,26,29)(H2,27,30)(H,31,34)(H,36,37)(H,38,39,40)/t17-,19+/m0/s1. The molecular weight excluding hydrogens is 636 g/mol. The first-order chi connectivity index (χ1) is 21.2. The summed E-state index contributed by atoms with van der Waals surface area (Å²) in [5.74, 6) is -2.94. The number of hydroxylamine groups is 2. The summed E-state index contributed by atoms with van der Waals surface area (Å²) in [5, 5.41) is 32.3. The molecule has 1 aromatic carbocycles. The van der Waals surface area contributed by atoms with Gasteiger partial charge in [-0.15, -0.1) is 15.6 Å². The van der Waals surface area contributed by atoms with Gasteiger partial charge in [-0.3, -0.25) is 19.6 Å². The first kappa shape index (κ1) is 33.5. The Morgan fingerprint density at radius 3 is 2.49 bits per heavy atom. The summed E-state index contributed by atoms with van der Waals surface area (Å²) < 4.78 is 40.9. The number of β-lactam (4-membered cyclic amide) rings is 1. The van der Waals surface area contributed by atoms with Gasteiger partial charge in [-0.05, 0) is 64.0 Å². The second-order valence-corrected chi connectivity index (χ2v) is 12.4. The van der Waals surface area contributed by atoms with Gasteiger partial charge < -0.3 is 36.4 Å². The Bertz CT molecular complexity index is 1570. The molecule has 2 aliphatic heterocycles. The van der Waals surface area contributed by atoms with E-state index in [1.54, 1.807) is 24.3 Å². The molecule has 2 saturated heterocycles. The van der Waals surface area contributed by atoms with E-state index in [1.807, 2.05) is 0 Å². The summed E-state index contributed by atoms with van der Waals surface area (Å²) in [6, 6.07) is 5.32. The molecule has 0 aliphatic carbocycles. The molecule has 0 radical (unpaired) electrons. The van der Waals surface area contributed by atoms with Crippen LogP contribution in [-0.4, -0.2) is 101 Å². The highest BCUT2D eigenvalue weighted by molar-refractivity contribution is 7.80. The smallest absolute Gasteiger partial charge is 0.418 e. The number of piperidine rings is 1. The molecule has 20 heteroatoms. The van der Waals surface area contributed by atoms with Gasteiger partial charge >= 0.3 is 16.4 Å². The van der Waals surface area contributed by atoms with Crippen molar-refractivity contribution in [2.75, 3.05) is 25.4 Å². The molecular formula is C25H32N8O10S2. The van der Waals surface area contributed by atoms with Crippen molar-refractivity contribution in [3.63, 3.8) is 0 Å². The number of nitrogens with two attached hydrogens (primary N) is 1. The summed E-state index contributed by atoms with van der Waals surface area (Å²) >= 11 is 0.954. The lowest BCUT2D eigenvalue weighted by Gasteiger charge is -2.50. The largest absolute Gasteiger partial charge is 0.489 e. The fourth-order valence-electron chi connectivity index (χ4n) is 4.43. The maximum absolute atomic E-state index is 13.2. The highest BCUT2D eigenvalue weighted by atomic mass is 32.3. The molecule has 4 rings (SSSR count). The molecule has 0 bridgehead atoms. The van der Waals surface area contributed by atoms with Crippen molar-refractivity contribution in [3.8, 4) is 5.75 Å². The zero-order valence-electron chi connectivity index (χ0n) is 24.1. The molecule has 45 heavy (non-hydrogen) atoms. The van der Waals surface area contributed by atoms with Gasteiger partial charge in [0.15, 0.2) is 10.8 Å². The van der Waals surface area contributed by atoms with Crippen LogP contribution >= 0.6 is 11.3 Å². The minimum Gasteiger partial charge on any atom is -0.489 e.